The maximum atomic E-state index is 8.75. The van der Waals surface area contributed by atoms with E-state index in [1.807, 2.05) is 18.5 Å². The summed E-state index contributed by atoms with van der Waals surface area (Å²) in [5, 5.41) is 14.3. The van der Waals surface area contributed by atoms with Crippen LogP contribution in [0.4, 0.5) is 0 Å². The van der Waals surface area contributed by atoms with Gasteiger partial charge in [-0.2, -0.15) is 5.26 Å². The Kier molecular flexibility index (Phi) is 5.32. The Morgan fingerprint density at radius 1 is 1.07 bits per heavy atom. The number of nitrogens with one attached hydrogen (secondary N) is 1. The maximum absolute atomic E-state index is 8.75. The lowest BCUT2D eigenvalue weighted by Gasteiger charge is -2.25. The predicted molar refractivity (Wildman–Crippen MR) is 108 cm³/mol. The van der Waals surface area contributed by atoms with Gasteiger partial charge in [-0.3, -0.25) is 4.98 Å². The fourth-order valence-electron chi connectivity index (χ4n) is 3.59. The third-order valence-corrected chi connectivity index (χ3v) is 5.11. The first-order chi connectivity index (χ1) is 13.3. The van der Waals surface area contributed by atoms with Crippen LogP contribution in [-0.4, -0.2) is 24.2 Å². The van der Waals surface area contributed by atoms with Crippen LogP contribution in [-0.2, 0) is 6.42 Å². The molecule has 3 aromatic rings. The Labute approximate surface area is 159 Å². The fraction of sp³-hybridized carbons (Fsp3) is 0.304. The number of piperidine rings is 1. The third kappa shape index (κ3) is 4.10. The van der Waals surface area contributed by atoms with E-state index in [0.29, 0.717) is 6.42 Å². The second-order valence-corrected chi connectivity index (χ2v) is 6.99. The highest BCUT2D eigenvalue weighted by atomic mass is 16.5. The van der Waals surface area contributed by atoms with Gasteiger partial charge in [0.2, 0.25) is 0 Å². The molecule has 0 bridgehead atoms. The van der Waals surface area contributed by atoms with Crippen molar-refractivity contribution in [2.75, 3.05) is 13.1 Å². The van der Waals surface area contributed by atoms with Gasteiger partial charge in [0.05, 0.1) is 6.07 Å². The van der Waals surface area contributed by atoms with Crippen LogP contribution in [0, 0.1) is 11.3 Å². The first-order valence-corrected chi connectivity index (χ1v) is 9.55. The normalized spacial score (nSPS) is 14.8. The molecule has 0 aliphatic carbocycles. The predicted octanol–water partition coefficient (Wildman–Crippen LogP) is 4.49. The van der Waals surface area contributed by atoms with Crippen molar-refractivity contribution in [3.63, 3.8) is 0 Å². The topological polar surface area (TPSA) is 57.9 Å². The van der Waals surface area contributed by atoms with Crippen LogP contribution in [0.3, 0.4) is 0 Å². The number of hydrogen-bond donors (Lipinski definition) is 1. The van der Waals surface area contributed by atoms with Gasteiger partial charge < -0.3 is 10.1 Å². The molecule has 1 aromatic heterocycles. The highest BCUT2D eigenvalue weighted by molar-refractivity contribution is 5.92. The van der Waals surface area contributed by atoms with Gasteiger partial charge in [-0.15, -0.1) is 0 Å². The van der Waals surface area contributed by atoms with Gasteiger partial charge >= 0.3 is 0 Å². The zero-order chi connectivity index (χ0) is 18.5. The number of fused-ring (bicyclic) bond motifs is 1. The number of pyridine rings is 1. The minimum atomic E-state index is 0.248. The molecule has 4 heteroatoms. The number of rotatable bonds is 5. The average molecular weight is 357 g/mol. The van der Waals surface area contributed by atoms with Gasteiger partial charge in [0.1, 0.15) is 11.9 Å². The van der Waals surface area contributed by atoms with E-state index in [2.05, 4.69) is 52.8 Å². The number of ether oxygens (including phenoxy) is 1. The highest BCUT2D eigenvalue weighted by Gasteiger charge is 2.16. The van der Waals surface area contributed by atoms with Gasteiger partial charge in [-0.05, 0) is 72.6 Å². The smallest absolute Gasteiger partial charge is 0.129 e. The Balaban J connectivity index is 1.67. The zero-order valence-corrected chi connectivity index (χ0v) is 15.3. The molecule has 1 aliphatic rings. The molecule has 2 aromatic carbocycles. The van der Waals surface area contributed by atoms with Gasteiger partial charge in [0, 0.05) is 24.2 Å². The standard InChI is InChI=1S/C23H23N3O/c24-10-1-2-17-3-5-18(6-4-17)20-14-19-7-11-26-16-22(19)23(15-20)27-21-8-12-25-13-9-21/h3-7,11,14-16,21,25H,1-2,8-9,12-13H2. The van der Waals surface area contributed by atoms with E-state index in [1.54, 1.807) is 0 Å². The third-order valence-electron chi connectivity index (χ3n) is 5.11. The number of nitriles is 1. The lowest BCUT2D eigenvalue weighted by Crippen LogP contribution is -2.34. The molecule has 4 nitrogen and oxygen atoms in total. The summed E-state index contributed by atoms with van der Waals surface area (Å²) in [7, 11) is 0. The van der Waals surface area contributed by atoms with E-state index in [0.717, 1.165) is 60.0 Å². The van der Waals surface area contributed by atoms with E-state index in [4.69, 9.17) is 10.00 Å². The van der Waals surface area contributed by atoms with Crippen molar-refractivity contribution >= 4 is 10.8 Å². The van der Waals surface area contributed by atoms with Crippen molar-refractivity contribution in [1.82, 2.24) is 10.3 Å². The Hall–Kier alpha value is -2.90. The maximum Gasteiger partial charge on any atom is 0.129 e. The molecule has 0 atom stereocenters. The summed E-state index contributed by atoms with van der Waals surface area (Å²) in [5.74, 6) is 0.913. The first-order valence-electron chi connectivity index (χ1n) is 9.55. The molecule has 0 saturated carbocycles. The zero-order valence-electron chi connectivity index (χ0n) is 15.3. The fourth-order valence-corrected chi connectivity index (χ4v) is 3.59. The van der Waals surface area contributed by atoms with E-state index >= 15 is 0 Å². The molecular formula is C23H23N3O. The molecule has 2 heterocycles. The Morgan fingerprint density at radius 2 is 1.89 bits per heavy atom. The van der Waals surface area contributed by atoms with Crippen LogP contribution in [0.15, 0.2) is 54.9 Å². The minimum Gasteiger partial charge on any atom is -0.490 e. The van der Waals surface area contributed by atoms with Crippen LogP contribution < -0.4 is 10.1 Å². The van der Waals surface area contributed by atoms with Crippen molar-refractivity contribution in [1.29, 1.82) is 5.26 Å². The van der Waals surface area contributed by atoms with E-state index in [-0.39, 0.29) is 6.10 Å². The summed E-state index contributed by atoms with van der Waals surface area (Å²) in [4.78, 5) is 4.29. The van der Waals surface area contributed by atoms with Crippen LogP contribution >= 0.6 is 0 Å². The quantitative estimate of drug-likeness (QED) is 0.731. The van der Waals surface area contributed by atoms with Crippen LogP contribution in [0.2, 0.25) is 0 Å². The summed E-state index contributed by atoms with van der Waals surface area (Å²) in [6.07, 6.45) is 7.37. The molecule has 0 radical (unpaired) electrons. The van der Waals surface area contributed by atoms with Crippen molar-refractivity contribution in [2.24, 2.45) is 0 Å². The van der Waals surface area contributed by atoms with Crippen LogP contribution in [0.1, 0.15) is 24.8 Å². The van der Waals surface area contributed by atoms with Crippen molar-refractivity contribution in [2.45, 2.75) is 31.8 Å². The average Bonchev–Trinajstić information content (AvgIpc) is 2.73. The van der Waals surface area contributed by atoms with E-state index in [1.165, 1.54) is 5.56 Å². The molecule has 1 fully saturated rings. The summed E-state index contributed by atoms with van der Waals surface area (Å²) < 4.78 is 6.39. The molecule has 0 unspecified atom stereocenters. The van der Waals surface area contributed by atoms with Gasteiger partial charge in [0.15, 0.2) is 0 Å². The molecule has 27 heavy (non-hydrogen) atoms. The highest BCUT2D eigenvalue weighted by Crippen LogP contribution is 2.33. The van der Waals surface area contributed by atoms with Gasteiger partial charge in [-0.25, -0.2) is 0 Å². The van der Waals surface area contributed by atoms with Gasteiger partial charge in [-0.1, -0.05) is 24.3 Å². The van der Waals surface area contributed by atoms with Crippen molar-refractivity contribution < 1.29 is 4.74 Å². The summed E-state index contributed by atoms with van der Waals surface area (Å²) in [5.41, 5.74) is 3.49. The van der Waals surface area contributed by atoms with Crippen LogP contribution in [0.25, 0.3) is 21.9 Å². The molecular weight excluding hydrogens is 334 g/mol. The lowest BCUT2D eigenvalue weighted by molar-refractivity contribution is 0.164. The molecule has 1 N–H and O–H groups in total. The summed E-state index contributed by atoms with van der Waals surface area (Å²) >= 11 is 0. The molecule has 0 amide bonds. The lowest BCUT2D eigenvalue weighted by atomic mass is 9.99. The molecule has 4 rings (SSSR count). The Morgan fingerprint density at radius 3 is 2.67 bits per heavy atom. The SMILES string of the molecule is N#CCCc1ccc(-c2cc(OC3CCNCC3)c3cnccc3c2)cc1. The number of hydrogen-bond acceptors (Lipinski definition) is 4. The number of aryl methyl sites for hydroxylation is 1. The van der Waals surface area contributed by atoms with Crippen LogP contribution in [0.5, 0.6) is 5.75 Å². The molecule has 1 aliphatic heterocycles. The minimum absolute atomic E-state index is 0.248. The second-order valence-electron chi connectivity index (χ2n) is 6.99. The number of nitrogens with zero attached hydrogens (tertiary/aromatic N) is 2. The molecule has 1 saturated heterocycles. The first kappa shape index (κ1) is 17.5. The number of aromatic nitrogens is 1. The van der Waals surface area contributed by atoms with E-state index < -0.39 is 0 Å². The summed E-state index contributed by atoms with van der Waals surface area (Å²) in [6.45, 7) is 2.01. The monoisotopic (exact) mass is 357 g/mol. The molecule has 136 valence electrons. The van der Waals surface area contributed by atoms with Crippen molar-refractivity contribution in [3.8, 4) is 22.9 Å². The largest absolute Gasteiger partial charge is 0.490 e. The van der Waals surface area contributed by atoms with Crippen molar-refractivity contribution in [3.05, 3.63) is 60.4 Å². The van der Waals surface area contributed by atoms with E-state index in [9.17, 15) is 0 Å². The second kappa shape index (κ2) is 8.20. The number of benzene rings is 2. The summed E-state index contributed by atoms with van der Waals surface area (Å²) in [6, 6.07) is 17.0. The van der Waals surface area contributed by atoms with Gasteiger partial charge in [0.25, 0.3) is 0 Å². The Bertz CT molecular complexity index is 954. The molecule has 0 spiro atoms.